The number of hydrogen-bond acceptors (Lipinski definition) is 3. The highest BCUT2D eigenvalue weighted by atomic mass is 32.2. The minimum Gasteiger partial charge on any atom is -0.260 e. The van der Waals surface area contributed by atoms with Crippen LogP contribution in [-0.4, -0.2) is 27.1 Å². The Bertz CT molecular complexity index is 495. The fraction of sp³-hybridized carbons (Fsp3) is 0.333. The van der Waals surface area contributed by atoms with Gasteiger partial charge in [-0.3, -0.25) is 4.18 Å². The number of halogens is 5. The van der Waals surface area contributed by atoms with Gasteiger partial charge < -0.3 is 0 Å². The molecule has 0 aliphatic heterocycles. The van der Waals surface area contributed by atoms with Crippen molar-refractivity contribution in [3.05, 3.63) is 30.3 Å². The van der Waals surface area contributed by atoms with Crippen molar-refractivity contribution in [2.24, 2.45) is 0 Å². The third-order valence-electron chi connectivity index (χ3n) is 1.84. The Balaban J connectivity index is 2.82. The lowest BCUT2D eigenvalue weighted by molar-refractivity contribution is -0.289. The van der Waals surface area contributed by atoms with Crippen LogP contribution in [0.4, 0.5) is 22.0 Å². The van der Waals surface area contributed by atoms with Gasteiger partial charge in [-0.15, -0.1) is 0 Å². The first-order valence-electron chi connectivity index (χ1n) is 4.45. The van der Waals surface area contributed by atoms with Crippen molar-refractivity contribution >= 4 is 10.1 Å². The highest BCUT2D eigenvalue weighted by Crippen LogP contribution is 2.36. The van der Waals surface area contributed by atoms with E-state index in [1.54, 1.807) is 0 Å². The topological polar surface area (TPSA) is 43.4 Å². The van der Waals surface area contributed by atoms with Crippen molar-refractivity contribution in [3.63, 3.8) is 0 Å². The van der Waals surface area contributed by atoms with Crippen LogP contribution < -0.4 is 0 Å². The molecule has 9 heteroatoms. The zero-order valence-corrected chi connectivity index (χ0v) is 9.43. The van der Waals surface area contributed by atoms with Crippen molar-refractivity contribution < 1.29 is 34.6 Å². The van der Waals surface area contributed by atoms with Gasteiger partial charge in [0.25, 0.3) is 10.1 Å². The smallest absolute Gasteiger partial charge is 0.260 e. The third-order valence-corrected chi connectivity index (χ3v) is 3.12. The van der Waals surface area contributed by atoms with Crippen LogP contribution in [0.5, 0.6) is 0 Å². The van der Waals surface area contributed by atoms with Crippen molar-refractivity contribution in [3.8, 4) is 0 Å². The molecule has 3 nitrogen and oxygen atoms in total. The van der Waals surface area contributed by atoms with Crippen molar-refractivity contribution in [2.45, 2.75) is 17.0 Å². The van der Waals surface area contributed by atoms with E-state index in [9.17, 15) is 30.4 Å². The van der Waals surface area contributed by atoms with Crippen molar-refractivity contribution in [1.82, 2.24) is 0 Å². The summed E-state index contributed by atoms with van der Waals surface area (Å²) in [5.74, 6) is -5.23. The molecule has 0 aliphatic rings. The Morgan fingerprint density at radius 3 is 1.94 bits per heavy atom. The molecular formula is C9H7F5O3S. The average molecular weight is 290 g/mol. The molecule has 1 aromatic carbocycles. The summed E-state index contributed by atoms with van der Waals surface area (Å²) in [7, 11) is -4.63. The molecule has 0 unspecified atom stereocenters. The Kier molecular flexibility index (Phi) is 3.96. The fourth-order valence-corrected chi connectivity index (χ4v) is 1.82. The van der Waals surface area contributed by atoms with Crippen LogP contribution in [0.25, 0.3) is 0 Å². The maximum atomic E-state index is 12.5. The summed E-state index contributed by atoms with van der Waals surface area (Å²) in [5, 5.41) is 0. The minimum atomic E-state index is -5.86. The Labute approximate surface area is 99.3 Å². The minimum absolute atomic E-state index is 0.497. The van der Waals surface area contributed by atoms with E-state index in [1.807, 2.05) is 0 Å². The first kappa shape index (κ1) is 14.8. The van der Waals surface area contributed by atoms with Gasteiger partial charge in [-0.1, -0.05) is 18.2 Å². The summed E-state index contributed by atoms with van der Waals surface area (Å²) in [6.07, 6.45) is -5.86. The molecule has 1 rings (SSSR count). The summed E-state index contributed by atoms with van der Waals surface area (Å²) >= 11 is 0. The molecule has 102 valence electrons. The molecule has 0 spiro atoms. The molecule has 0 bridgehead atoms. The molecule has 18 heavy (non-hydrogen) atoms. The highest BCUT2D eigenvalue weighted by Gasteiger charge is 2.58. The van der Waals surface area contributed by atoms with Gasteiger partial charge in [-0.25, -0.2) is 0 Å². The zero-order chi connectivity index (χ0) is 14.0. The van der Waals surface area contributed by atoms with Gasteiger partial charge in [0, 0.05) is 0 Å². The second-order valence-corrected chi connectivity index (χ2v) is 4.85. The molecule has 0 saturated heterocycles. The van der Waals surface area contributed by atoms with E-state index in [1.165, 1.54) is 18.2 Å². The lowest BCUT2D eigenvalue weighted by atomic mass is 10.3. The van der Waals surface area contributed by atoms with Crippen LogP contribution in [0.3, 0.4) is 0 Å². The standard InChI is InChI=1S/C9H7F5O3S/c10-8(11,9(12,13)14)6-17-18(15,16)7-4-2-1-3-5-7/h1-5H,6H2. The predicted molar refractivity (Wildman–Crippen MR) is 50.6 cm³/mol. The normalized spacial score (nSPS) is 13.6. The zero-order valence-electron chi connectivity index (χ0n) is 8.62. The van der Waals surface area contributed by atoms with Gasteiger partial charge >= 0.3 is 12.1 Å². The molecule has 0 saturated carbocycles. The Morgan fingerprint density at radius 2 is 1.50 bits per heavy atom. The summed E-state index contributed by atoms with van der Waals surface area (Å²) < 4.78 is 86.6. The van der Waals surface area contributed by atoms with Crippen molar-refractivity contribution in [2.75, 3.05) is 6.61 Å². The molecule has 0 N–H and O–H groups in total. The van der Waals surface area contributed by atoms with Gasteiger partial charge in [0.1, 0.15) is 6.61 Å². The lowest BCUT2D eigenvalue weighted by Crippen LogP contribution is -2.41. The second-order valence-electron chi connectivity index (χ2n) is 3.23. The van der Waals surface area contributed by atoms with Crippen LogP contribution >= 0.6 is 0 Å². The number of rotatable bonds is 4. The van der Waals surface area contributed by atoms with Gasteiger partial charge in [0.05, 0.1) is 4.90 Å². The van der Waals surface area contributed by atoms with E-state index >= 15 is 0 Å². The van der Waals surface area contributed by atoms with Crippen LogP contribution in [0.2, 0.25) is 0 Å². The first-order valence-corrected chi connectivity index (χ1v) is 5.86. The predicted octanol–water partition coefficient (Wildman–Crippen LogP) is 2.59. The Hall–Kier alpha value is -1.22. The number of alkyl halides is 5. The molecule has 0 atom stereocenters. The highest BCUT2D eigenvalue weighted by molar-refractivity contribution is 7.86. The van der Waals surface area contributed by atoms with E-state index in [0.717, 1.165) is 12.1 Å². The van der Waals surface area contributed by atoms with Crippen LogP contribution in [-0.2, 0) is 14.3 Å². The van der Waals surface area contributed by atoms with Gasteiger partial charge in [0.2, 0.25) is 0 Å². The second kappa shape index (κ2) is 4.81. The monoisotopic (exact) mass is 290 g/mol. The quantitative estimate of drug-likeness (QED) is 0.632. The van der Waals surface area contributed by atoms with Gasteiger partial charge in [-0.05, 0) is 12.1 Å². The number of benzene rings is 1. The van der Waals surface area contributed by atoms with E-state index in [2.05, 4.69) is 4.18 Å². The molecule has 0 aromatic heterocycles. The maximum Gasteiger partial charge on any atom is 0.455 e. The van der Waals surface area contributed by atoms with E-state index in [-0.39, 0.29) is 0 Å². The fourth-order valence-electron chi connectivity index (χ4n) is 0.889. The molecule has 0 aliphatic carbocycles. The van der Waals surface area contributed by atoms with Crippen LogP contribution in [0.15, 0.2) is 35.2 Å². The summed E-state index contributed by atoms with van der Waals surface area (Å²) in [4.78, 5) is -0.497. The maximum absolute atomic E-state index is 12.5. The van der Waals surface area contributed by atoms with Gasteiger partial charge in [0.15, 0.2) is 0 Å². The first-order chi connectivity index (χ1) is 8.06. The van der Waals surface area contributed by atoms with E-state index in [0.29, 0.717) is 0 Å². The van der Waals surface area contributed by atoms with Gasteiger partial charge in [-0.2, -0.15) is 30.4 Å². The average Bonchev–Trinajstić information content (AvgIpc) is 2.26. The molecule has 1 aromatic rings. The van der Waals surface area contributed by atoms with Crippen LogP contribution in [0.1, 0.15) is 0 Å². The molecule has 0 heterocycles. The third kappa shape index (κ3) is 3.39. The Morgan fingerprint density at radius 1 is 1.00 bits per heavy atom. The molecular weight excluding hydrogens is 283 g/mol. The SMILES string of the molecule is O=S(=O)(OCC(F)(F)C(F)(F)F)c1ccccc1. The van der Waals surface area contributed by atoms with E-state index < -0.39 is 33.7 Å². The summed E-state index contributed by atoms with van der Waals surface area (Å²) in [6, 6.07) is 6.03. The summed E-state index contributed by atoms with van der Waals surface area (Å²) in [6.45, 7) is -2.28. The molecule has 0 fully saturated rings. The summed E-state index contributed by atoms with van der Waals surface area (Å²) in [5.41, 5.74) is 0. The van der Waals surface area contributed by atoms with Crippen molar-refractivity contribution in [1.29, 1.82) is 0 Å². The van der Waals surface area contributed by atoms with Crippen LogP contribution in [0, 0.1) is 0 Å². The molecule has 0 radical (unpaired) electrons. The van der Waals surface area contributed by atoms with E-state index in [4.69, 9.17) is 0 Å². The molecule has 0 amide bonds. The lowest BCUT2D eigenvalue weighted by Gasteiger charge is -2.18. The largest absolute Gasteiger partial charge is 0.455 e. The number of hydrogen-bond donors (Lipinski definition) is 0.